The minimum atomic E-state index is -3.70. The van der Waals surface area contributed by atoms with Crippen LogP contribution >= 0.6 is 33.6 Å². The summed E-state index contributed by atoms with van der Waals surface area (Å²) in [5, 5.41) is 0. The zero-order valence-corrected chi connectivity index (χ0v) is 11.6. The molecule has 0 unspecified atom stereocenters. The van der Waals surface area contributed by atoms with E-state index >= 15 is 0 Å². The smallest absolute Gasteiger partial charge is 0.212 e. The zero-order valence-electron chi connectivity index (χ0n) is 7.68. The molecule has 0 aromatic carbocycles. The Kier molecular flexibility index (Phi) is 4.61. The largest absolute Gasteiger partial charge is 0.250 e. The Labute approximate surface area is 107 Å². The van der Waals surface area contributed by atoms with Crippen LogP contribution in [0, 0.1) is 0 Å². The third-order valence-electron chi connectivity index (χ3n) is 1.45. The van der Waals surface area contributed by atoms with Crippen molar-refractivity contribution in [2.45, 2.75) is 4.21 Å². The zero-order chi connectivity index (χ0) is 12.4. The molecule has 0 atom stereocenters. The highest BCUT2D eigenvalue weighted by Gasteiger charge is 2.17. The molecule has 1 N–H and O–H groups in total. The van der Waals surface area contributed by atoms with E-state index in [0.29, 0.717) is 4.34 Å². The van der Waals surface area contributed by atoms with Crippen LogP contribution in [0.5, 0.6) is 0 Å². The van der Waals surface area contributed by atoms with Crippen molar-refractivity contribution in [3.05, 3.63) is 16.5 Å². The van der Waals surface area contributed by atoms with E-state index in [-0.39, 0.29) is 10.8 Å². The molecule has 0 aliphatic rings. The monoisotopic (exact) mass is 323 g/mol. The van der Waals surface area contributed by atoms with Gasteiger partial charge in [0.25, 0.3) is 0 Å². The molecule has 1 rings (SSSR count). The molecule has 10 heteroatoms. The van der Waals surface area contributed by atoms with Gasteiger partial charge < -0.3 is 0 Å². The van der Waals surface area contributed by atoms with Gasteiger partial charge in [0.1, 0.15) is 4.21 Å². The summed E-state index contributed by atoms with van der Waals surface area (Å²) in [6.45, 7) is -0.274. The molecule has 0 bridgehead atoms. The molecule has 1 aromatic heterocycles. The van der Waals surface area contributed by atoms with Gasteiger partial charge in [-0.05, 0) is 12.1 Å². The van der Waals surface area contributed by atoms with E-state index in [0.717, 1.165) is 11.3 Å². The fourth-order valence-corrected chi connectivity index (χ4v) is 4.08. The number of sulfonamides is 1. The topological polar surface area (TPSA) is 80.3 Å². The summed E-state index contributed by atoms with van der Waals surface area (Å²) in [5.74, 6) is -0.465. The molecule has 16 heavy (non-hydrogen) atoms. The van der Waals surface area contributed by atoms with Crippen LogP contribution in [0.15, 0.2) is 16.3 Å². The van der Waals surface area contributed by atoms with Gasteiger partial charge in [-0.2, -0.15) is 0 Å². The molecule has 0 aliphatic heterocycles. The Balaban J connectivity index is 2.67. The second-order valence-electron chi connectivity index (χ2n) is 2.70. The van der Waals surface area contributed by atoms with Crippen LogP contribution in [0.4, 0.5) is 0 Å². The van der Waals surface area contributed by atoms with Crippen molar-refractivity contribution >= 4 is 52.7 Å². The van der Waals surface area contributed by atoms with Crippen LogP contribution in [0.2, 0.25) is 4.34 Å². The molecule has 0 amide bonds. The van der Waals surface area contributed by atoms with Crippen LogP contribution in [-0.2, 0) is 19.1 Å². The Bertz CT molecular complexity index is 562. The SMILES string of the molecule is O=S(=O)(Cl)CCNS(=O)(=O)c1ccc(Cl)s1. The van der Waals surface area contributed by atoms with Gasteiger partial charge in [-0.1, -0.05) is 11.6 Å². The summed E-state index contributed by atoms with van der Waals surface area (Å²) in [7, 11) is -2.47. The van der Waals surface area contributed by atoms with Gasteiger partial charge in [0, 0.05) is 17.2 Å². The lowest BCUT2D eigenvalue weighted by molar-refractivity contribution is 0.584. The molecular formula is C6H7Cl2NO4S3. The lowest BCUT2D eigenvalue weighted by atomic mass is 10.7. The average Bonchev–Trinajstić information content (AvgIpc) is 2.49. The van der Waals surface area contributed by atoms with Crippen molar-refractivity contribution in [2.24, 2.45) is 0 Å². The highest BCUT2D eigenvalue weighted by atomic mass is 35.7. The summed E-state index contributed by atoms with van der Waals surface area (Å²) >= 11 is 6.47. The van der Waals surface area contributed by atoms with Crippen LogP contribution in [-0.4, -0.2) is 29.1 Å². The lowest BCUT2D eigenvalue weighted by Gasteiger charge is -2.02. The summed E-state index contributed by atoms with van der Waals surface area (Å²) in [5.41, 5.74) is 0. The van der Waals surface area contributed by atoms with E-state index in [9.17, 15) is 16.8 Å². The van der Waals surface area contributed by atoms with E-state index in [4.69, 9.17) is 22.3 Å². The molecular weight excluding hydrogens is 317 g/mol. The van der Waals surface area contributed by atoms with Crippen LogP contribution in [0.3, 0.4) is 0 Å². The molecule has 92 valence electrons. The van der Waals surface area contributed by atoms with Crippen LogP contribution in [0.25, 0.3) is 0 Å². The minimum Gasteiger partial charge on any atom is -0.212 e. The van der Waals surface area contributed by atoms with Gasteiger partial charge in [-0.15, -0.1) is 11.3 Å². The molecule has 0 aliphatic carbocycles. The maximum Gasteiger partial charge on any atom is 0.250 e. The molecule has 1 heterocycles. The number of rotatable bonds is 5. The van der Waals surface area contributed by atoms with Gasteiger partial charge in [0.2, 0.25) is 19.1 Å². The first-order chi connectivity index (χ1) is 7.21. The number of hydrogen-bond donors (Lipinski definition) is 1. The molecule has 1 aromatic rings. The van der Waals surface area contributed by atoms with Crippen molar-refractivity contribution in [3.8, 4) is 0 Å². The highest BCUT2D eigenvalue weighted by molar-refractivity contribution is 8.13. The standard InChI is InChI=1S/C6H7Cl2NO4S3/c7-5-1-2-6(14-5)16(12,13)9-3-4-15(8,10)11/h1-2,9H,3-4H2. The van der Waals surface area contributed by atoms with Gasteiger partial charge in [-0.3, -0.25) is 0 Å². The molecule has 0 spiro atoms. The van der Waals surface area contributed by atoms with Crippen molar-refractivity contribution < 1.29 is 16.8 Å². The first kappa shape index (κ1) is 14.2. The summed E-state index contributed by atoms with van der Waals surface area (Å²) in [6.07, 6.45) is 0. The van der Waals surface area contributed by atoms with Crippen molar-refractivity contribution in [1.29, 1.82) is 0 Å². The quantitative estimate of drug-likeness (QED) is 0.827. The first-order valence-corrected chi connectivity index (χ1v) is 9.04. The molecule has 0 saturated carbocycles. The second kappa shape index (κ2) is 5.19. The fraction of sp³-hybridized carbons (Fsp3) is 0.333. The third kappa shape index (κ3) is 4.56. The number of nitrogens with one attached hydrogen (secondary N) is 1. The maximum absolute atomic E-state index is 11.5. The molecule has 0 saturated heterocycles. The second-order valence-corrected chi connectivity index (χ2v) is 9.30. The van der Waals surface area contributed by atoms with Gasteiger partial charge in [0.05, 0.1) is 10.1 Å². The van der Waals surface area contributed by atoms with Crippen molar-refractivity contribution in [1.82, 2.24) is 4.72 Å². The van der Waals surface area contributed by atoms with Crippen LogP contribution < -0.4 is 4.72 Å². The Morgan fingerprint density at radius 3 is 2.31 bits per heavy atom. The summed E-state index contributed by atoms with van der Waals surface area (Å²) in [6, 6.07) is 2.78. The third-order valence-corrected chi connectivity index (χ3v) is 5.79. The first-order valence-electron chi connectivity index (χ1n) is 3.88. The van der Waals surface area contributed by atoms with Gasteiger partial charge in [-0.25, -0.2) is 21.6 Å². The predicted molar refractivity (Wildman–Crippen MR) is 64.2 cm³/mol. The number of hydrogen-bond acceptors (Lipinski definition) is 5. The summed E-state index contributed by atoms with van der Waals surface area (Å²) in [4.78, 5) is 0. The van der Waals surface area contributed by atoms with E-state index in [2.05, 4.69) is 4.72 Å². The van der Waals surface area contributed by atoms with Crippen molar-refractivity contribution in [3.63, 3.8) is 0 Å². The average molecular weight is 324 g/mol. The van der Waals surface area contributed by atoms with Crippen LogP contribution in [0.1, 0.15) is 0 Å². The van der Waals surface area contributed by atoms with E-state index in [1.165, 1.54) is 12.1 Å². The number of halogens is 2. The van der Waals surface area contributed by atoms with Crippen molar-refractivity contribution in [2.75, 3.05) is 12.3 Å². The Hall–Kier alpha value is 0.140. The molecule has 5 nitrogen and oxygen atoms in total. The predicted octanol–water partition coefficient (Wildman–Crippen LogP) is 1.25. The van der Waals surface area contributed by atoms with Gasteiger partial charge >= 0.3 is 0 Å². The summed E-state index contributed by atoms with van der Waals surface area (Å²) < 4.78 is 46.7. The van der Waals surface area contributed by atoms with E-state index in [1.807, 2.05) is 0 Å². The molecule has 0 radical (unpaired) electrons. The van der Waals surface area contributed by atoms with Gasteiger partial charge in [0.15, 0.2) is 0 Å². The fourth-order valence-electron chi connectivity index (χ4n) is 0.811. The minimum absolute atomic E-state index is 0.0319. The maximum atomic E-state index is 11.5. The van der Waals surface area contributed by atoms with E-state index < -0.39 is 24.8 Å². The Morgan fingerprint density at radius 2 is 1.88 bits per heavy atom. The molecule has 0 fully saturated rings. The highest BCUT2D eigenvalue weighted by Crippen LogP contribution is 2.25. The van der Waals surface area contributed by atoms with E-state index in [1.54, 1.807) is 0 Å². The normalized spacial score (nSPS) is 12.9. The number of thiophene rings is 1. The Morgan fingerprint density at radius 1 is 1.25 bits per heavy atom. The lowest BCUT2D eigenvalue weighted by Crippen LogP contribution is -2.27.